The van der Waals surface area contributed by atoms with Gasteiger partial charge in [0.15, 0.2) is 0 Å². The van der Waals surface area contributed by atoms with Crippen LogP contribution in [-0.4, -0.2) is 57.4 Å². The monoisotopic (exact) mass is 480 g/mol. The van der Waals surface area contributed by atoms with Crippen molar-refractivity contribution in [3.63, 3.8) is 0 Å². The van der Waals surface area contributed by atoms with Gasteiger partial charge in [-0.1, -0.05) is 41.5 Å². The molecule has 13 atom stereocenters. The van der Waals surface area contributed by atoms with Crippen LogP contribution in [0.4, 0.5) is 0 Å². The second-order valence-corrected chi connectivity index (χ2v) is 13.3. The van der Waals surface area contributed by atoms with Crippen molar-refractivity contribution >= 4 is 5.97 Å². The van der Waals surface area contributed by atoms with Crippen LogP contribution >= 0.6 is 0 Å². The van der Waals surface area contributed by atoms with E-state index in [1.165, 1.54) is 0 Å². The van der Waals surface area contributed by atoms with Crippen LogP contribution < -0.4 is 0 Å². The first-order chi connectivity index (χ1) is 15.8. The lowest BCUT2D eigenvalue weighted by Gasteiger charge is -2.56. The molecule has 0 radical (unpaired) electrons. The summed E-state index contributed by atoms with van der Waals surface area (Å²) in [6, 6.07) is 0. The Hall–Kier alpha value is -0.690. The molecule has 3 aliphatic carbocycles. The average Bonchev–Trinajstić information content (AvgIpc) is 3.09. The Bertz CT molecular complexity index is 755. The standard InChI is InChI=1S/C28H48O6/c1-14(2)15(3)24(31)25(32)16(4)18-7-8-19-17-13-34-26(33)21-11-22(29)23(30)12-28(21,6)20(17)9-10-27(18,19)5/h14-25,29-32H,7-13H2,1-6H3/t15-,16-,17-,18+,19-,20-,21+,22-,23+,24-,25+,27+,28+/m0/s1. The zero-order valence-corrected chi connectivity index (χ0v) is 22.0. The van der Waals surface area contributed by atoms with E-state index in [1.807, 2.05) is 6.92 Å². The summed E-state index contributed by atoms with van der Waals surface area (Å²) in [4.78, 5) is 13.0. The van der Waals surface area contributed by atoms with E-state index in [0.29, 0.717) is 30.8 Å². The topological polar surface area (TPSA) is 107 Å². The number of aliphatic hydroxyl groups excluding tert-OH is 4. The molecule has 196 valence electrons. The molecular weight excluding hydrogens is 432 g/mol. The van der Waals surface area contributed by atoms with Gasteiger partial charge in [0, 0.05) is 0 Å². The number of fused-ring (bicyclic) bond motifs is 5. The number of esters is 1. The number of hydrogen-bond donors (Lipinski definition) is 4. The predicted octanol–water partition coefficient (Wildman–Crippen LogP) is 3.39. The fourth-order valence-electron chi connectivity index (χ4n) is 8.95. The molecule has 4 aliphatic rings. The third-order valence-corrected chi connectivity index (χ3v) is 11.5. The maximum Gasteiger partial charge on any atom is 0.309 e. The molecule has 0 amide bonds. The van der Waals surface area contributed by atoms with E-state index in [-0.39, 0.29) is 52.8 Å². The first kappa shape index (κ1) is 26.4. The fourth-order valence-corrected chi connectivity index (χ4v) is 8.95. The molecule has 0 spiro atoms. The van der Waals surface area contributed by atoms with Gasteiger partial charge in [-0.15, -0.1) is 0 Å². The van der Waals surface area contributed by atoms with Crippen LogP contribution in [0.5, 0.6) is 0 Å². The van der Waals surface area contributed by atoms with Gasteiger partial charge in [0.2, 0.25) is 0 Å². The Morgan fingerprint density at radius 2 is 1.56 bits per heavy atom. The van der Waals surface area contributed by atoms with Crippen molar-refractivity contribution in [3.8, 4) is 0 Å². The number of cyclic esters (lactones) is 1. The van der Waals surface area contributed by atoms with E-state index < -0.39 is 24.4 Å². The molecule has 1 aliphatic heterocycles. The van der Waals surface area contributed by atoms with Gasteiger partial charge in [0.05, 0.1) is 36.9 Å². The van der Waals surface area contributed by atoms with Crippen LogP contribution in [0.25, 0.3) is 0 Å². The van der Waals surface area contributed by atoms with Crippen LogP contribution in [0.3, 0.4) is 0 Å². The number of rotatable bonds is 5. The fraction of sp³-hybridized carbons (Fsp3) is 0.964. The largest absolute Gasteiger partial charge is 0.465 e. The van der Waals surface area contributed by atoms with Crippen molar-refractivity contribution in [2.24, 2.45) is 58.2 Å². The normalized spacial score (nSPS) is 48.1. The predicted molar refractivity (Wildman–Crippen MR) is 130 cm³/mol. The van der Waals surface area contributed by atoms with Crippen LogP contribution in [0, 0.1) is 58.2 Å². The van der Waals surface area contributed by atoms with E-state index in [2.05, 4.69) is 34.6 Å². The molecule has 3 saturated carbocycles. The highest BCUT2D eigenvalue weighted by Gasteiger charge is 2.63. The number of ether oxygens (including phenoxy) is 1. The summed E-state index contributed by atoms with van der Waals surface area (Å²) in [7, 11) is 0. The van der Waals surface area contributed by atoms with Crippen LogP contribution in [0.15, 0.2) is 0 Å². The highest BCUT2D eigenvalue weighted by molar-refractivity contribution is 5.74. The zero-order chi connectivity index (χ0) is 25.2. The molecule has 4 N–H and O–H groups in total. The van der Waals surface area contributed by atoms with Crippen molar-refractivity contribution < 1.29 is 30.0 Å². The van der Waals surface area contributed by atoms with Gasteiger partial charge in [-0.2, -0.15) is 0 Å². The molecule has 0 unspecified atom stereocenters. The number of hydrogen-bond acceptors (Lipinski definition) is 6. The van der Waals surface area contributed by atoms with Crippen molar-refractivity contribution in [1.82, 2.24) is 0 Å². The van der Waals surface area contributed by atoms with Crippen LogP contribution in [0.2, 0.25) is 0 Å². The lowest BCUT2D eigenvalue weighted by molar-refractivity contribution is -0.162. The Balaban J connectivity index is 1.58. The maximum atomic E-state index is 13.0. The molecule has 1 saturated heterocycles. The van der Waals surface area contributed by atoms with E-state index in [0.717, 1.165) is 25.7 Å². The third kappa shape index (κ3) is 4.05. The number of carbonyl (C=O) groups excluding carboxylic acids is 1. The Morgan fingerprint density at radius 3 is 2.21 bits per heavy atom. The van der Waals surface area contributed by atoms with E-state index >= 15 is 0 Å². The molecule has 0 aromatic rings. The molecular formula is C28H48O6. The minimum absolute atomic E-state index is 0.00827. The van der Waals surface area contributed by atoms with Crippen LogP contribution in [0.1, 0.15) is 80.1 Å². The summed E-state index contributed by atoms with van der Waals surface area (Å²) in [6.07, 6.45) is 1.61. The zero-order valence-electron chi connectivity index (χ0n) is 22.0. The summed E-state index contributed by atoms with van der Waals surface area (Å²) in [5.74, 6) is 0.948. The van der Waals surface area contributed by atoms with Crippen molar-refractivity contribution in [3.05, 3.63) is 0 Å². The Kier molecular flexibility index (Phi) is 7.23. The quantitative estimate of drug-likeness (QED) is 0.450. The maximum absolute atomic E-state index is 13.0. The van der Waals surface area contributed by atoms with Gasteiger partial charge in [-0.25, -0.2) is 0 Å². The summed E-state index contributed by atoms with van der Waals surface area (Å²) in [5.41, 5.74) is -0.345. The molecule has 6 heteroatoms. The van der Waals surface area contributed by atoms with Gasteiger partial charge in [-0.05, 0) is 90.8 Å². The molecule has 0 aromatic heterocycles. The molecule has 1 heterocycles. The number of carbonyl (C=O) groups is 1. The Labute approximate surface area is 205 Å². The molecule has 0 bridgehead atoms. The van der Waals surface area contributed by atoms with Gasteiger partial charge in [0.25, 0.3) is 0 Å². The second-order valence-electron chi connectivity index (χ2n) is 13.3. The summed E-state index contributed by atoms with van der Waals surface area (Å²) in [5, 5.41) is 42.9. The van der Waals surface area contributed by atoms with Gasteiger partial charge < -0.3 is 25.2 Å². The first-order valence-electron chi connectivity index (χ1n) is 13.7. The first-order valence-corrected chi connectivity index (χ1v) is 13.7. The Morgan fingerprint density at radius 1 is 0.912 bits per heavy atom. The van der Waals surface area contributed by atoms with E-state index in [9.17, 15) is 25.2 Å². The minimum Gasteiger partial charge on any atom is -0.465 e. The van der Waals surface area contributed by atoms with E-state index in [4.69, 9.17) is 4.74 Å². The third-order valence-electron chi connectivity index (χ3n) is 11.5. The average molecular weight is 481 g/mol. The van der Waals surface area contributed by atoms with E-state index in [1.54, 1.807) is 0 Å². The SMILES string of the molecule is CC(C)[C@H](C)[C@H](O)[C@H](O)[C@@H](C)[C@H]1CC[C@H]2[C@@H]3COC(=O)[C@H]4C[C@H](O)[C@H](O)C[C@]4(C)[C@H]3CC[C@]12C. The summed E-state index contributed by atoms with van der Waals surface area (Å²) >= 11 is 0. The lowest BCUT2D eigenvalue weighted by Crippen LogP contribution is -2.55. The van der Waals surface area contributed by atoms with Gasteiger partial charge >= 0.3 is 5.97 Å². The highest BCUT2D eigenvalue weighted by atomic mass is 16.5. The van der Waals surface area contributed by atoms with Crippen molar-refractivity contribution in [1.29, 1.82) is 0 Å². The summed E-state index contributed by atoms with van der Waals surface area (Å²) < 4.78 is 5.86. The van der Waals surface area contributed by atoms with Crippen LogP contribution in [-0.2, 0) is 9.53 Å². The van der Waals surface area contributed by atoms with Gasteiger partial charge in [-0.3, -0.25) is 4.79 Å². The smallest absolute Gasteiger partial charge is 0.309 e. The van der Waals surface area contributed by atoms with Crippen molar-refractivity contribution in [2.75, 3.05) is 6.61 Å². The highest BCUT2D eigenvalue weighted by Crippen LogP contribution is 2.66. The minimum atomic E-state index is -0.867. The molecule has 4 fully saturated rings. The second kappa shape index (κ2) is 9.32. The molecule has 4 rings (SSSR count). The van der Waals surface area contributed by atoms with Crippen molar-refractivity contribution in [2.45, 2.75) is 104 Å². The molecule has 6 nitrogen and oxygen atoms in total. The molecule has 0 aromatic carbocycles. The number of aliphatic hydroxyl groups is 4. The lowest BCUT2D eigenvalue weighted by atomic mass is 9.48. The molecule has 34 heavy (non-hydrogen) atoms. The van der Waals surface area contributed by atoms with Gasteiger partial charge in [0.1, 0.15) is 0 Å². The summed E-state index contributed by atoms with van der Waals surface area (Å²) in [6.45, 7) is 13.2.